The molecular weight excluding hydrogens is 270 g/mol. The Kier molecular flexibility index (Phi) is 4.67. The highest BCUT2D eigenvalue weighted by molar-refractivity contribution is 5.98. The Balaban J connectivity index is 2.14. The summed E-state index contributed by atoms with van der Waals surface area (Å²) in [6, 6.07) is 5.19. The lowest BCUT2D eigenvalue weighted by Gasteiger charge is -2.34. The van der Waals surface area contributed by atoms with E-state index < -0.39 is 0 Å². The minimum Gasteiger partial charge on any atom is -0.491 e. The smallest absolute Gasteiger partial charge is 0.257 e. The number of piperazine rings is 1. The first-order chi connectivity index (χ1) is 10.0. The molecular formula is C15H21N3O3. The number of nitrogens with two attached hydrogens (primary N) is 1. The molecule has 1 saturated heterocycles. The molecule has 114 valence electrons. The Morgan fingerprint density at radius 1 is 1.19 bits per heavy atom. The first-order valence-electron chi connectivity index (χ1n) is 7.10. The van der Waals surface area contributed by atoms with Crippen LogP contribution in [0.5, 0.6) is 5.75 Å². The van der Waals surface area contributed by atoms with Crippen molar-refractivity contribution >= 4 is 17.5 Å². The number of nitrogens with zero attached hydrogens (tertiary/aromatic N) is 2. The fourth-order valence-electron chi connectivity index (χ4n) is 2.42. The average molecular weight is 291 g/mol. The zero-order valence-electron chi connectivity index (χ0n) is 12.5. The minimum atomic E-state index is -0.103. The lowest BCUT2D eigenvalue weighted by molar-refractivity contribution is -0.130. The van der Waals surface area contributed by atoms with Gasteiger partial charge in [-0.05, 0) is 19.1 Å². The molecule has 2 N–H and O–H groups in total. The number of amides is 2. The maximum atomic E-state index is 12.6. The van der Waals surface area contributed by atoms with Crippen molar-refractivity contribution in [3.63, 3.8) is 0 Å². The first-order valence-corrected chi connectivity index (χ1v) is 7.10. The normalized spacial score (nSPS) is 15.0. The van der Waals surface area contributed by atoms with Gasteiger partial charge in [-0.25, -0.2) is 0 Å². The van der Waals surface area contributed by atoms with Crippen LogP contribution in [-0.2, 0) is 4.79 Å². The van der Waals surface area contributed by atoms with Gasteiger partial charge >= 0.3 is 0 Å². The molecule has 1 aliphatic heterocycles. The predicted molar refractivity (Wildman–Crippen MR) is 80.2 cm³/mol. The van der Waals surface area contributed by atoms with Crippen LogP contribution in [0.25, 0.3) is 0 Å². The Morgan fingerprint density at radius 3 is 2.38 bits per heavy atom. The van der Waals surface area contributed by atoms with Crippen LogP contribution in [0.2, 0.25) is 0 Å². The van der Waals surface area contributed by atoms with Crippen LogP contribution < -0.4 is 10.5 Å². The standard InChI is InChI=1S/C15H21N3O3/c1-3-21-14-12(5-4-6-13(14)16)15(20)18-9-7-17(8-10-18)11(2)19/h4-6H,3,7-10,16H2,1-2H3. The van der Waals surface area contributed by atoms with Crippen LogP contribution in [0.1, 0.15) is 24.2 Å². The largest absolute Gasteiger partial charge is 0.491 e. The monoisotopic (exact) mass is 291 g/mol. The molecule has 6 heteroatoms. The third-order valence-electron chi connectivity index (χ3n) is 3.58. The number of nitrogen functional groups attached to an aromatic ring is 1. The van der Waals surface area contributed by atoms with E-state index in [2.05, 4.69) is 0 Å². The van der Waals surface area contributed by atoms with Gasteiger partial charge in [-0.2, -0.15) is 0 Å². The molecule has 0 atom stereocenters. The number of benzene rings is 1. The Bertz CT molecular complexity index is 537. The molecule has 0 unspecified atom stereocenters. The van der Waals surface area contributed by atoms with Gasteiger partial charge in [0.15, 0.2) is 5.75 Å². The Labute approximate surface area is 124 Å². The van der Waals surface area contributed by atoms with Crippen molar-refractivity contribution in [3.8, 4) is 5.75 Å². The second-order valence-corrected chi connectivity index (χ2v) is 4.96. The van der Waals surface area contributed by atoms with Gasteiger partial charge in [-0.3, -0.25) is 9.59 Å². The molecule has 0 saturated carbocycles. The fraction of sp³-hybridized carbons (Fsp3) is 0.467. The number of ether oxygens (including phenoxy) is 1. The third kappa shape index (κ3) is 3.26. The van der Waals surface area contributed by atoms with Crippen LogP contribution in [0, 0.1) is 0 Å². The van der Waals surface area contributed by atoms with Gasteiger partial charge in [-0.15, -0.1) is 0 Å². The molecule has 1 aromatic carbocycles. The highest BCUT2D eigenvalue weighted by Crippen LogP contribution is 2.27. The van der Waals surface area contributed by atoms with Crippen molar-refractivity contribution in [1.82, 2.24) is 9.80 Å². The van der Waals surface area contributed by atoms with Crippen molar-refractivity contribution in [3.05, 3.63) is 23.8 Å². The number of rotatable bonds is 3. The van der Waals surface area contributed by atoms with Gasteiger partial charge < -0.3 is 20.3 Å². The lowest BCUT2D eigenvalue weighted by atomic mass is 10.1. The number of hydrogen-bond donors (Lipinski definition) is 1. The molecule has 21 heavy (non-hydrogen) atoms. The summed E-state index contributed by atoms with van der Waals surface area (Å²) in [4.78, 5) is 27.4. The van der Waals surface area contributed by atoms with Gasteiger partial charge in [-0.1, -0.05) is 6.07 Å². The minimum absolute atomic E-state index is 0.0426. The molecule has 1 aromatic rings. The van der Waals surface area contributed by atoms with Crippen molar-refractivity contribution in [1.29, 1.82) is 0 Å². The summed E-state index contributed by atoms with van der Waals surface area (Å²) in [6.07, 6.45) is 0. The van der Waals surface area contributed by atoms with E-state index in [1.807, 2.05) is 6.92 Å². The van der Waals surface area contributed by atoms with Gasteiger partial charge in [0.1, 0.15) is 0 Å². The number of hydrogen-bond acceptors (Lipinski definition) is 4. The quantitative estimate of drug-likeness (QED) is 0.842. The van der Waals surface area contributed by atoms with Gasteiger partial charge in [0, 0.05) is 33.1 Å². The van der Waals surface area contributed by atoms with E-state index in [9.17, 15) is 9.59 Å². The summed E-state index contributed by atoms with van der Waals surface area (Å²) in [5, 5.41) is 0. The Hall–Kier alpha value is -2.24. The molecule has 1 fully saturated rings. The van der Waals surface area contributed by atoms with Crippen molar-refractivity contribution in [2.75, 3.05) is 38.5 Å². The molecule has 1 heterocycles. The highest BCUT2D eigenvalue weighted by Gasteiger charge is 2.25. The van der Waals surface area contributed by atoms with E-state index in [-0.39, 0.29) is 11.8 Å². The van der Waals surface area contributed by atoms with Crippen LogP contribution in [0.3, 0.4) is 0 Å². The van der Waals surface area contributed by atoms with Crippen LogP contribution in [0.15, 0.2) is 18.2 Å². The Morgan fingerprint density at radius 2 is 1.81 bits per heavy atom. The first kappa shape index (κ1) is 15.2. The second-order valence-electron chi connectivity index (χ2n) is 4.96. The van der Waals surface area contributed by atoms with E-state index in [1.54, 1.807) is 34.9 Å². The average Bonchev–Trinajstić information content (AvgIpc) is 2.49. The fourth-order valence-corrected chi connectivity index (χ4v) is 2.42. The number of anilines is 1. The molecule has 6 nitrogen and oxygen atoms in total. The number of para-hydroxylation sites is 1. The number of carbonyl (C=O) groups is 2. The predicted octanol–water partition coefficient (Wildman–Crippen LogP) is 0.972. The van der Waals surface area contributed by atoms with E-state index in [0.717, 1.165) is 0 Å². The third-order valence-corrected chi connectivity index (χ3v) is 3.58. The maximum absolute atomic E-state index is 12.6. The molecule has 2 rings (SSSR count). The zero-order valence-corrected chi connectivity index (χ0v) is 12.5. The number of carbonyl (C=O) groups excluding carboxylic acids is 2. The van der Waals surface area contributed by atoms with Crippen molar-refractivity contribution in [2.45, 2.75) is 13.8 Å². The van der Waals surface area contributed by atoms with Crippen LogP contribution >= 0.6 is 0 Å². The van der Waals surface area contributed by atoms with Crippen LogP contribution in [-0.4, -0.2) is 54.4 Å². The molecule has 0 aliphatic carbocycles. The molecule has 0 aromatic heterocycles. The van der Waals surface area contributed by atoms with E-state index in [0.29, 0.717) is 49.8 Å². The molecule has 0 radical (unpaired) electrons. The topological polar surface area (TPSA) is 75.9 Å². The molecule has 1 aliphatic rings. The van der Waals surface area contributed by atoms with E-state index in [1.165, 1.54) is 0 Å². The summed E-state index contributed by atoms with van der Waals surface area (Å²) in [6.45, 7) is 6.03. The SMILES string of the molecule is CCOc1c(N)cccc1C(=O)N1CCN(C(C)=O)CC1. The summed E-state index contributed by atoms with van der Waals surface area (Å²) in [5.74, 6) is 0.383. The van der Waals surface area contributed by atoms with Crippen LogP contribution in [0.4, 0.5) is 5.69 Å². The van der Waals surface area contributed by atoms with E-state index >= 15 is 0 Å². The summed E-state index contributed by atoms with van der Waals surface area (Å²) < 4.78 is 5.50. The summed E-state index contributed by atoms with van der Waals surface area (Å²) in [7, 11) is 0. The molecule has 0 spiro atoms. The van der Waals surface area contributed by atoms with Gasteiger partial charge in [0.25, 0.3) is 5.91 Å². The summed E-state index contributed by atoms with van der Waals surface area (Å²) >= 11 is 0. The van der Waals surface area contributed by atoms with Gasteiger partial charge in [0.2, 0.25) is 5.91 Å². The highest BCUT2D eigenvalue weighted by atomic mass is 16.5. The second kappa shape index (κ2) is 6.47. The molecule has 0 bridgehead atoms. The summed E-state index contributed by atoms with van der Waals surface area (Å²) in [5.41, 5.74) is 6.83. The van der Waals surface area contributed by atoms with Crippen molar-refractivity contribution < 1.29 is 14.3 Å². The lowest BCUT2D eigenvalue weighted by Crippen LogP contribution is -2.50. The van der Waals surface area contributed by atoms with Crippen molar-refractivity contribution in [2.24, 2.45) is 0 Å². The molecule has 2 amide bonds. The zero-order chi connectivity index (χ0) is 15.4. The van der Waals surface area contributed by atoms with Gasteiger partial charge in [0.05, 0.1) is 17.9 Å². The van der Waals surface area contributed by atoms with E-state index in [4.69, 9.17) is 10.5 Å². The maximum Gasteiger partial charge on any atom is 0.257 e.